The van der Waals surface area contributed by atoms with Crippen molar-refractivity contribution in [3.05, 3.63) is 72.2 Å². The Morgan fingerprint density at radius 1 is 0.931 bits per heavy atom. The summed E-state index contributed by atoms with van der Waals surface area (Å²) in [6.07, 6.45) is 4.84. The van der Waals surface area contributed by atoms with Gasteiger partial charge in [0.15, 0.2) is 0 Å². The molecular weight excluding hydrogens is 362 g/mol. The molecule has 3 heterocycles. The molecule has 0 radical (unpaired) electrons. The lowest BCUT2D eigenvalue weighted by Gasteiger charge is -2.18. The standard InChI is InChI=1S/C23H23N5O/c29-23(28-14-11-17-5-1-2-6-21(17)28)20-15-22(25-16-24-20)26-18-7-9-19(10-8-18)27-12-3-4-13-27/h1-2,5-10,15-16H,3-4,11-14H2,(H,24,25,26). The first-order valence-corrected chi connectivity index (χ1v) is 10.1. The second-order valence-corrected chi connectivity index (χ2v) is 7.49. The highest BCUT2D eigenvalue weighted by atomic mass is 16.2. The number of anilines is 4. The van der Waals surface area contributed by atoms with Gasteiger partial charge < -0.3 is 15.1 Å². The zero-order valence-electron chi connectivity index (χ0n) is 16.2. The second-order valence-electron chi connectivity index (χ2n) is 7.49. The highest BCUT2D eigenvalue weighted by molar-refractivity contribution is 6.06. The van der Waals surface area contributed by atoms with Crippen LogP contribution in [-0.2, 0) is 6.42 Å². The molecule has 2 aliphatic heterocycles. The fourth-order valence-electron chi connectivity index (χ4n) is 4.11. The molecule has 0 spiro atoms. The molecule has 2 aromatic carbocycles. The maximum atomic E-state index is 13.0. The maximum absolute atomic E-state index is 13.0. The van der Waals surface area contributed by atoms with Crippen molar-refractivity contribution in [3.63, 3.8) is 0 Å². The van der Waals surface area contributed by atoms with E-state index in [2.05, 4.69) is 38.4 Å². The molecular formula is C23H23N5O. The summed E-state index contributed by atoms with van der Waals surface area (Å²) in [7, 11) is 0. The molecule has 5 rings (SSSR count). The molecule has 3 aromatic rings. The number of carbonyl (C=O) groups excluding carboxylic acids is 1. The number of amides is 1. The van der Waals surface area contributed by atoms with Crippen LogP contribution in [0.5, 0.6) is 0 Å². The Labute approximate surface area is 170 Å². The molecule has 1 fully saturated rings. The van der Waals surface area contributed by atoms with Crippen LogP contribution >= 0.6 is 0 Å². The minimum absolute atomic E-state index is 0.0928. The molecule has 1 amide bonds. The Morgan fingerprint density at radius 3 is 2.55 bits per heavy atom. The van der Waals surface area contributed by atoms with Gasteiger partial charge in [-0.1, -0.05) is 18.2 Å². The molecule has 1 N–H and O–H groups in total. The van der Waals surface area contributed by atoms with Gasteiger partial charge in [0, 0.05) is 42.8 Å². The molecule has 29 heavy (non-hydrogen) atoms. The first-order valence-electron chi connectivity index (χ1n) is 10.1. The van der Waals surface area contributed by atoms with E-state index in [1.165, 1.54) is 30.4 Å². The summed E-state index contributed by atoms with van der Waals surface area (Å²) >= 11 is 0. The number of rotatable bonds is 4. The average Bonchev–Trinajstić information content (AvgIpc) is 3.44. The van der Waals surface area contributed by atoms with Crippen LogP contribution < -0.4 is 15.1 Å². The predicted molar refractivity (Wildman–Crippen MR) is 115 cm³/mol. The lowest BCUT2D eigenvalue weighted by molar-refractivity contribution is 0.0984. The van der Waals surface area contributed by atoms with Gasteiger partial charge in [0.05, 0.1) is 0 Å². The topological polar surface area (TPSA) is 61.4 Å². The van der Waals surface area contributed by atoms with Crippen LogP contribution in [0.2, 0.25) is 0 Å². The van der Waals surface area contributed by atoms with Gasteiger partial charge in [-0.3, -0.25) is 4.79 Å². The van der Waals surface area contributed by atoms with Gasteiger partial charge in [0.25, 0.3) is 5.91 Å². The maximum Gasteiger partial charge on any atom is 0.277 e. The minimum Gasteiger partial charge on any atom is -0.372 e. The van der Waals surface area contributed by atoms with Crippen LogP contribution in [0.3, 0.4) is 0 Å². The highest BCUT2D eigenvalue weighted by Crippen LogP contribution is 2.29. The predicted octanol–water partition coefficient (Wildman–Crippen LogP) is 4.02. The Hall–Kier alpha value is -3.41. The molecule has 2 aliphatic rings. The van der Waals surface area contributed by atoms with Crippen LogP contribution in [0.15, 0.2) is 60.9 Å². The summed E-state index contributed by atoms with van der Waals surface area (Å²) in [5.74, 6) is 0.523. The van der Waals surface area contributed by atoms with Gasteiger partial charge in [-0.05, 0) is 55.2 Å². The van der Waals surface area contributed by atoms with E-state index >= 15 is 0 Å². The van der Waals surface area contributed by atoms with E-state index < -0.39 is 0 Å². The van der Waals surface area contributed by atoms with Crippen LogP contribution in [0.25, 0.3) is 0 Å². The van der Waals surface area contributed by atoms with E-state index in [1.807, 2.05) is 30.3 Å². The fraction of sp³-hybridized carbons (Fsp3) is 0.261. The number of carbonyl (C=O) groups is 1. The van der Waals surface area contributed by atoms with E-state index in [1.54, 1.807) is 11.0 Å². The summed E-state index contributed by atoms with van der Waals surface area (Å²) < 4.78 is 0. The Bertz CT molecular complexity index is 1030. The number of fused-ring (bicyclic) bond motifs is 1. The number of benzene rings is 2. The molecule has 0 bridgehead atoms. The summed E-state index contributed by atoms with van der Waals surface area (Å²) in [6.45, 7) is 2.94. The quantitative estimate of drug-likeness (QED) is 0.735. The second kappa shape index (κ2) is 7.54. The summed E-state index contributed by atoms with van der Waals surface area (Å²) in [4.78, 5) is 25.7. The van der Waals surface area contributed by atoms with Gasteiger partial charge in [0.2, 0.25) is 0 Å². The van der Waals surface area contributed by atoms with Crippen molar-refractivity contribution in [2.45, 2.75) is 19.3 Å². The molecule has 6 heteroatoms. The van der Waals surface area contributed by atoms with Crippen molar-refractivity contribution >= 4 is 28.8 Å². The monoisotopic (exact) mass is 385 g/mol. The molecule has 146 valence electrons. The van der Waals surface area contributed by atoms with Gasteiger partial charge in [-0.2, -0.15) is 0 Å². The molecule has 1 saturated heterocycles. The smallest absolute Gasteiger partial charge is 0.277 e. The van der Waals surface area contributed by atoms with Crippen molar-refractivity contribution < 1.29 is 4.79 Å². The Balaban J connectivity index is 1.32. The first-order chi connectivity index (χ1) is 14.3. The Morgan fingerprint density at radius 2 is 1.72 bits per heavy atom. The minimum atomic E-state index is -0.0928. The average molecular weight is 385 g/mol. The molecule has 0 aliphatic carbocycles. The summed E-state index contributed by atoms with van der Waals surface area (Å²) in [5.41, 5.74) is 4.76. The molecule has 0 unspecified atom stereocenters. The first kappa shape index (κ1) is 17.7. The molecule has 0 atom stereocenters. The van der Waals surface area contributed by atoms with Crippen LogP contribution in [0.4, 0.5) is 22.9 Å². The largest absolute Gasteiger partial charge is 0.372 e. The lowest BCUT2D eigenvalue weighted by Crippen LogP contribution is -2.29. The van der Waals surface area contributed by atoms with Crippen molar-refractivity contribution in [2.24, 2.45) is 0 Å². The number of para-hydroxylation sites is 1. The highest BCUT2D eigenvalue weighted by Gasteiger charge is 2.26. The number of hydrogen-bond acceptors (Lipinski definition) is 5. The van der Waals surface area contributed by atoms with E-state index in [0.29, 0.717) is 18.1 Å². The number of hydrogen-bond donors (Lipinski definition) is 1. The number of aromatic nitrogens is 2. The molecule has 1 aromatic heterocycles. The van der Waals surface area contributed by atoms with E-state index in [0.717, 1.165) is 30.9 Å². The fourth-order valence-corrected chi connectivity index (χ4v) is 4.11. The van der Waals surface area contributed by atoms with Crippen LogP contribution in [0.1, 0.15) is 28.9 Å². The SMILES string of the molecule is O=C(c1cc(Nc2ccc(N3CCCC3)cc2)ncn1)N1CCc2ccccc21. The van der Waals surface area contributed by atoms with Crippen molar-refractivity contribution in [1.82, 2.24) is 9.97 Å². The third kappa shape index (κ3) is 3.53. The molecule has 6 nitrogen and oxygen atoms in total. The number of nitrogens with one attached hydrogen (secondary N) is 1. The van der Waals surface area contributed by atoms with E-state index in [4.69, 9.17) is 0 Å². The van der Waals surface area contributed by atoms with Gasteiger partial charge in [-0.15, -0.1) is 0 Å². The summed E-state index contributed by atoms with van der Waals surface area (Å²) in [5, 5.41) is 3.29. The van der Waals surface area contributed by atoms with Crippen molar-refractivity contribution in [3.8, 4) is 0 Å². The zero-order chi connectivity index (χ0) is 19.6. The van der Waals surface area contributed by atoms with Crippen molar-refractivity contribution in [1.29, 1.82) is 0 Å². The summed E-state index contributed by atoms with van der Waals surface area (Å²) in [6, 6.07) is 18.1. The van der Waals surface area contributed by atoms with Gasteiger partial charge >= 0.3 is 0 Å². The van der Waals surface area contributed by atoms with Gasteiger partial charge in [0.1, 0.15) is 17.8 Å². The van der Waals surface area contributed by atoms with Gasteiger partial charge in [-0.25, -0.2) is 9.97 Å². The normalized spacial score (nSPS) is 15.4. The third-order valence-corrected chi connectivity index (χ3v) is 5.63. The van der Waals surface area contributed by atoms with Crippen LogP contribution in [0, 0.1) is 0 Å². The van der Waals surface area contributed by atoms with Crippen LogP contribution in [-0.4, -0.2) is 35.5 Å². The lowest BCUT2D eigenvalue weighted by atomic mass is 10.2. The van der Waals surface area contributed by atoms with E-state index in [9.17, 15) is 4.79 Å². The van der Waals surface area contributed by atoms with E-state index in [-0.39, 0.29) is 5.91 Å². The third-order valence-electron chi connectivity index (χ3n) is 5.63. The number of nitrogens with zero attached hydrogens (tertiary/aromatic N) is 4. The molecule has 0 saturated carbocycles. The Kier molecular flexibility index (Phi) is 4.60. The van der Waals surface area contributed by atoms with Crippen molar-refractivity contribution in [2.75, 3.05) is 34.8 Å². The zero-order valence-corrected chi connectivity index (χ0v) is 16.2.